The second-order valence-electron chi connectivity index (χ2n) is 5.92. The molecule has 3 aromatic carbocycles. The zero-order valence-electron chi connectivity index (χ0n) is 12.4. The number of thiophene rings is 2. The summed E-state index contributed by atoms with van der Waals surface area (Å²) < 4.78 is 2.77. The van der Waals surface area contributed by atoms with Crippen LogP contribution >= 0.6 is 22.7 Å². The molecule has 0 radical (unpaired) electrons. The third-order valence-electron chi connectivity index (χ3n) is 4.44. The number of hydrogen-bond donors (Lipinski definition) is 0. The van der Waals surface area contributed by atoms with Gasteiger partial charge in [0.25, 0.3) is 0 Å². The lowest BCUT2D eigenvalue weighted by molar-refractivity contribution is 1.66. The van der Waals surface area contributed by atoms with Gasteiger partial charge >= 0.3 is 0 Å². The Morgan fingerprint density at radius 3 is 1.32 bits per heavy atom. The number of aryl methyl sites for hydroxylation is 2. The molecule has 5 rings (SSSR count). The lowest BCUT2D eigenvalue weighted by Crippen LogP contribution is -1.79. The fourth-order valence-electron chi connectivity index (χ4n) is 3.52. The minimum Gasteiger partial charge on any atom is -0.141 e. The maximum Gasteiger partial charge on any atom is 0.0352 e. The van der Waals surface area contributed by atoms with E-state index < -0.39 is 0 Å². The summed E-state index contributed by atoms with van der Waals surface area (Å²) in [7, 11) is 0. The quantitative estimate of drug-likeness (QED) is 0.269. The third-order valence-corrected chi connectivity index (χ3v) is 6.47. The molecule has 5 aromatic rings. The van der Waals surface area contributed by atoms with Crippen molar-refractivity contribution in [1.82, 2.24) is 0 Å². The van der Waals surface area contributed by atoms with Gasteiger partial charge in [0.15, 0.2) is 0 Å². The standard InChI is InChI=1S/C20H14S2/c1-11-9-17-15-3-4-16-14(13(15)5-7-19(17)21-11)6-8-20-18(16)10-12(2)22-20/h3-10H,1-2H3. The Hall–Kier alpha value is -1.90. The van der Waals surface area contributed by atoms with Crippen molar-refractivity contribution in [2.75, 3.05) is 0 Å². The van der Waals surface area contributed by atoms with E-state index in [4.69, 9.17) is 0 Å². The van der Waals surface area contributed by atoms with Gasteiger partial charge in [0.05, 0.1) is 0 Å². The van der Waals surface area contributed by atoms with Crippen LogP contribution in [0.3, 0.4) is 0 Å². The maximum absolute atomic E-state index is 2.32. The fourth-order valence-corrected chi connectivity index (χ4v) is 5.39. The van der Waals surface area contributed by atoms with Crippen LogP contribution in [0.4, 0.5) is 0 Å². The average Bonchev–Trinajstić information content (AvgIpc) is 3.07. The predicted molar refractivity (Wildman–Crippen MR) is 102 cm³/mol. The molecule has 2 heterocycles. The molecular weight excluding hydrogens is 304 g/mol. The highest BCUT2D eigenvalue weighted by molar-refractivity contribution is 7.19. The van der Waals surface area contributed by atoms with Gasteiger partial charge in [-0.15, -0.1) is 22.7 Å². The molecule has 2 heteroatoms. The normalized spacial score (nSPS) is 12.1. The molecule has 0 aliphatic rings. The van der Waals surface area contributed by atoms with Crippen LogP contribution in [-0.2, 0) is 0 Å². The molecular formula is C20H14S2. The maximum atomic E-state index is 2.32. The molecule has 0 spiro atoms. The summed E-state index contributed by atoms with van der Waals surface area (Å²) in [5.74, 6) is 0. The van der Waals surface area contributed by atoms with Crippen LogP contribution in [0, 0.1) is 13.8 Å². The highest BCUT2D eigenvalue weighted by Crippen LogP contribution is 2.38. The Kier molecular flexibility index (Phi) is 2.47. The summed E-state index contributed by atoms with van der Waals surface area (Å²) in [5.41, 5.74) is 0. The summed E-state index contributed by atoms with van der Waals surface area (Å²) in [6.07, 6.45) is 0. The van der Waals surface area contributed by atoms with Gasteiger partial charge < -0.3 is 0 Å². The van der Waals surface area contributed by atoms with Crippen molar-refractivity contribution in [3.8, 4) is 0 Å². The van der Waals surface area contributed by atoms with Gasteiger partial charge in [-0.3, -0.25) is 0 Å². The SMILES string of the molecule is Cc1cc2c(ccc3c2ccc2c4cc(C)sc4ccc23)s1. The monoisotopic (exact) mass is 318 g/mol. The summed E-state index contributed by atoms with van der Waals surface area (Å²) >= 11 is 3.76. The number of benzene rings is 3. The first kappa shape index (κ1) is 12.6. The van der Waals surface area contributed by atoms with Crippen LogP contribution in [0.5, 0.6) is 0 Å². The van der Waals surface area contributed by atoms with Crippen molar-refractivity contribution in [2.24, 2.45) is 0 Å². The molecule has 0 saturated heterocycles. The smallest absolute Gasteiger partial charge is 0.0352 e. The van der Waals surface area contributed by atoms with Crippen LogP contribution in [0.1, 0.15) is 9.75 Å². The Morgan fingerprint density at radius 1 is 0.500 bits per heavy atom. The zero-order chi connectivity index (χ0) is 14.8. The molecule has 2 aromatic heterocycles. The molecule has 0 unspecified atom stereocenters. The van der Waals surface area contributed by atoms with Gasteiger partial charge in [-0.25, -0.2) is 0 Å². The number of hydrogen-bond acceptors (Lipinski definition) is 2. The molecule has 22 heavy (non-hydrogen) atoms. The molecule has 0 aliphatic carbocycles. The van der Waals surface area contributed by atoms with E-state index in [2.05, 4.69) is 62.4 Å². The van der Waals surface area contributed by atoms with Gasteiger partial charge in [0.2, 0.25) is 0 Å². The van der Waals surface area contributed by atoms with Crippen LogP contribution in [0.25, 0.3) is 41.7 Å². The van der Waals surface area contributed by atoms with E-state index in [1.165, 1.54) is 51.5 Å². The topological polar surface area (TPSA) is 0 Å². The lowest BCUT2D eigenvalue weighted by atomic mass is 9.98. The Balaban J connectivity index is 2.03. The second kappa shape index (κ2) is 4.31. The lowest BCUT2D eigenvalue weighted by Gasteiger charge is -2.06. The van der Waals surface area contributed by atoms with Gasteiger partial charge in [0, 0.05) is 29.9 Å². The molecule has 0 amide bonds. The number of rotatable bonds is 0. The Labute approximate surface area is 136 Å². The van der Waals surface area contributed by atoms with E-state index in [1.54, 1.807) is 0 Å². The first-order valence-electron chi connectivity index (χ1n) is 7.45. The zero-order valence-corrected chi connectivity index (χ0v) is 14.1. The van der Waals surface area contributed by atoms with Crippen LogP contribution in [0.15, 0.2) is 48.5 Å². The van der Waals surface area contributed by atoms with Crippen molar-refractivity contribution in [2.45, 2.75) is 13.8 Å². The first-order chi connectivity index (χ1) is 10.7. The molecule has 0 saturated carbocycles. The summed E-state index contributed by atoms with van der Waals surface area (Å²) in [6.45, 7) is 4.38. The van der Waals surface area contributed by atoms with E-state index in [0.717, 1.165) is 0 Å². The largest absolute Gasteiger partial charge is 0.141 e. The van der Waals surface area contributed by atoms with Crippen molar-refractivity contribution >= 4 is 64.4 Å². The van der Waals surface area contributed by atoms with E-state index in [0.29, 0.717) is 0 Å². The molecule has 106 valence electrons. The molecule has 0 nitrogen and oxygen atoms in total. The van der Waals surface area contributed by atoms with E-state index in [-0.39, 0.29) is 0 Å². The van der Waals surface area contributed by atoms with Crippen molar-refractivity contribution < 1.29 is 0 Å². The Morgan fingerprint density at radius 2 is 0.864 bits per heavy atom. The molecule has 0 atom stereocenters. The minimum absolute atomic E-state index is 1.37. The molecule has 0 N–H and O–H groups in total. The predicted octanol–water partition coefficient (Wildman–Crippen LogP) is 7.04. The van der Waals surface area contributed by atoms with Gasteiger partial charge in [-0.1, -0.05) is 24.3 Å². The summed E-state index contributed by atoms with van der Waals surface area (Å²) in [4.78, 5) is 2.76. The van der Waals surface area contributed by atoms with Gasteiger partial charge in [0.1, 0.15) is 0 Å². The van der Waals surface area contributed by atoms with Crippen LogP contribution in [0.2, 0.25) is 0 Å². The highest BCUT2D eigenvalue weighted by atomic mass is 32.1. The molecule has 0 aliphatic heterocycles. The summed E-state index contributed by atoms with van der Waals surface area (Å²) in [6, 6.07) is 18.4. The van der Waals surface area contributed by atoms with Crippen LogP contribution in [-0.4, -0.2) is 0 Å². The Bertz CT molecular complexity index is 1090. The highest BCUT2D eigenvalue weighted by Gasteiger charge is 2.09. The second-order valence-corrected chi connectivity index (χ2v) is 8.50. The third kappa shape index (κ3) is 1.62. The molecule has 0 bridgehead atoms. The summed E-state index contributed by atoms with van der Waals surface area (Å²) in [5, 5.41) is 8.27. The van der Waals surface area contributed by atoms with Crippen molar-refractivity contribution in [1.29, 1.82) is 0 Å². The van der Waals surface area contributed by atoms with Crippen LogP contribution < -0.4 is 0 Å². The molecule has 0 fully saturated rings. The van der Waals surface area contributed by atoms with Crippen molar-refractivity contribution in [3.05, 3.63) is 58.3 Å². The van der Waals surface area contributed by atoms with E-state index in [9.17, 15) is 0 Å². The average molecular weight is 318 g/mol. The first-order valence-corrected chi connectivity index (χ1v) is 9.09. The van der Waals surface area contributed by atoms with Gasteiger partial charge in [-0.05, 0) is 59.7 Å². The van der Waals surface area contributed by atoms with E-state index in [1.807, 2.05) is 22.7 Å². The van der Waals surface area contributed by atoms with E-state index >= 15 is 0 Å². The van der Waals surface area contributed by atoms with Gasteiger partial charge in [-0.2, -0.15) is 0 Å². The fraction of sp³-hybridized carbons (Fsp3) is 0.100. The van der Waals surface area contributed by atoms with Crippen molar-refractivity contribution in [3.63, 3.8) is 0 Å². The number of fused-ring (bicyclic) bond motifs is 7. The minimum atomic E-state index is 1.37.